The van der Waals surface area contributed by atoms with Crippen LogP contribution in [-0.4, -0.2) is 33.2 Å². The van der Waals surface area contributed by atoms with Gasteiger partial charge in [0.05, 0.1) is 11.9 Å². The van der Waals surface area contributed by atoms with Crippen LogP contribution in [0.15, 0.2) is 18.2 Å². The molecule has 0 aliphatic rings. The third-order valence-electron chi connectivity index (χ3n) is 3.24. The van der Waals surface area contributed by atoms with Crippen molar-refractivity contribution >= 4 is 21.6 Å². The Morgan fingerprint density at radius 1 is 1.33 bits per heavy atom. The van der Waals surface area contributed by atoms with Gasteiger partial charge in [-0.2, -0.15) is 0 Å². The van der Waals surface area contributed by atoms with Crippen molar-refractivity contribution in [3.8, 4) is 0 Å². The largest absolute Gasteiger partial charge is 0.354 e. The molecule has 0 spiro atoms. The Balaban J connectivity index is 3.24. The summed E-state index contributed by atoms with van der Waals surface area (Å²) in [7, 11) is -3.55. The number of carbonyl (C=O) groups is 1. The zero-order valence-corrected chi connectivity index (χ0v) is 14.1. The number of anilines is 1. The average Bonchev–Trinajstić information content (AvgIpc) is 2.38. The molecule has 0 saturated carbocycles. The third kappa shape index (κ3) is 4.46. The standard InChI is InChI=1S/C15H24N2O3S/c1-6-9-16-15(18)13(4)17(21(5,19)20)14-10-11(2)7-8-12(14)3/h7-8,10,13H,6,9H2,1-5H3,(H,16,18)/t13-/m0/s1. The van der Waals surface area contributed by atoms with Crippen molar-refractivity contribution in [3.63, 3.8) is 0 Å². The summed E-state index contributed by atoms with van der Waals surface area (Å²) in [5, 5.41) is 2.74. The van der Waals surface area contributed by atoms with Crippen molar-refractivity contribution in [2.45, 2.75) is 40.2 Å². The minimum Gasteiger partial charge on any atom is -0.354 e. The summed E-state index contributed by atoms with van der Waals surface area (Å²) < 4.78 is 25.5. The van der Waals surface area contributed by atoms with Crippen LogP contribution >= 0.6 is 0 Å². The molecule has 6 heteroatoms. The van der Waals surface area contributed by atoms with Crippen LogP contribution in [0.3, 0.4) is 0 Å². The molecule has 1 N–H and O–H groups in total. The van der Waals surface area contributed by atoms with Gasteiger partial charge < -0.3 is 5.32 Å². The van der Waals surface area contributed by atoms with E-state index >= 15 is 0 Å². The molecule has 1 amide bonds. The molecule has 0 fully saturated rings. The molecule has 5 nitrogen and oxygen atoms in total. The Bertz CT molecular complexity index is 611. The topological polar surface area (TPSA) is 66.5 Å². The molecule has 0 bridgehead atoms. The Morgan fingerprint density at radius 2 is 1.95 bits per heavy atom. The minimum atomic E-state index is -3.55. The minimum absolute atomic E-state index is 0.289. The zero-order valence-electron chi connectivity index (χ0n) is 13.3. The number of hydrogen-bond donors (Lipinski definition) is 1. The molecule has 0 heterocycles. The summed E-state index contributed by atoms with van der Waals surface area (Å²) in [6.45, 7) is 7.82. The van der Waals surface area contributed by atoms with Gasteiger partial charge in [-0.25, -0.2) is 8.42 Å². The van der Waals surface area contributed by atoms with Gasteiger partial charge in [-0.15, -0.1) is 0 Å². The lowest BCUT2D eigenvalue weighted by Crippen LogP contribution is -2.48. The van der Waals surface area contributed by atoms with Crippen LogP contribution in [0.4, 0.5) is 5.69 Å². The number of amides is 1. The molecule has 0 radical (unpaired) electrons. The number of hydrogen-bond acceptors (Lipinski definition) is 3. The van der Waals surface area contributed by atoms with Gasteiger partial charge >= 0.3 is 0 Å². The summed E-state index contributed by atoms with van der Waals surface area (Å²) in [6.07, 6.45) is 1.93. The fraction of sp³-hybridized carbons (Fsp3) is 0.533. The molecule has 1 rings (SSSR count). The van der Waals surface area contributed by atoms with Crippen molar-refractivity contribution in [3.05, 3.63) is 29.3 Å². The van der Waals surface area contributed by atoms with E-state index in [0.717, 1.165) is 23.8 Å². The number of sulfonamides is 1. The molecule has 1 aromatic carbocycles. The normalized spacial score (nSPS) is 12.8. The van der Waals surface area contributed by atoms with Crippen molar-refractivity contribution in [1.82, 2.24) is 5.32 Å². The van der Waals surface area contributed by atoms with E-state index < -0.39 is 16.1 Å². The van der Waals surface area contributed by atoms with Crippen LogP contribution in [0, 0.1) is 13.8 Å². The zero-order chi connectivity index (χ0) is 16.2. The summed E-state index contributed by atoms with van der Waals surface area (Å²) in [6, 6.07) is 4.78. The first kappa shape index (κ1) is 17.5. The van der Waals surface area contributed by atoms with Crippen LogP contribution in [-0.2, 0) is 14.8 Å². The van der Waals surface area contributed by atoms with Gasteiger partial charge in [0.25, 0.3) is 0 Å². The molecular weight excluding hydrogens is 288 g/mol. The van der Waals surface area contributed by atoms with Gasteiger partial charge in [-0.3, -0.25) is 9.10 Å². The van der Waals surface area contributed by atoms with E-state index in [2.05, 4.69) is 5.32 Å². The van der Waals surface area contributed by atoms with E-state index in [1.165, 1.54) is 4.31 Å². The number of rotatable bonds is 6. The van der Waals surface area contributed by atoms with Gasteiger partial charge in [0.1, 0.15) is 6.04 Å². The highest BCUT2D eigenvalue weighted by Gasteiger charge is 2.29. The number of nitrogens with zero attached hydrogens (tertiary/aromatic N) is 1. The fourth-order valence-corrected chi connectivity index (χ4v) is 3.36. The van der Waals surface area contributed by atoms with Gasteiger partial charge in [-0.1, -0.05) is 19.1 Å². The Morgan fingerprint density at radius 3 is 2.48 bits per heavy atom. The Kier molecular flexibility index (Phi) is 5.78. The van der Waals surface area contributed by atoms with E-state index in [4.69, 9.17) is 0 Å². The maximum Gasteiger partial charge on any atom is 0.243 e. The summed E-state index contributed by atoms with van der Waals surface area (Å²) >= 11 is 0. The first-order valence-electron chi connectivity index (χ1n) is 7.02. The SMILES string of the molecule is CCCNC(=O)[C@H](C)N(c1cc(C)ccc1C)S(C)(=O)=O. The lowest BCUT2D eigenvalue weighted by Gasteiger charge is -2.29. The van der Waals surface area contributed by atoms with Gasteiger partial charge in [0, 0.05) is 6.54 Å². The van der Waals surface area contributed by atoms with Crippen LogP contribution in [0.25, 0.3) is 0 Å². The summed E-state index contributed by atoms with van der Waals surface area (Å²) in [5.41, 5.74) is 2.32. The first-order valence-corrected chi connectivity index (χ1v) is 8.87. The molecule has 1 atom stereocenters. The average molecular weight is 312 g/mol. The van der Waals surface area contributed by atoms with E-state index in [0.29, 0.717) is 12.2 Å². The second kappa shape index (κ2) is 6.93. The van der Waals surface area contributed by atoms with E-state index in [-0.39, 0.29) is 5.91 Å². The maximum atomic E-state index is 12.2. The highest BCUT2D eigenvalue weighted by Crippen LogP contribution is 2.26. The van der Waals surface area contributed by atoms with Crippen molar-refractivity contribution < 1.29 is 13.2 Å². The lowest BCUT2D eigenvalue weighted by atomic mass is 10.1. The maximum absolute atomic E-state index is 12.2. The van der Waals surface area contributed by atoms with Crippen molar-refractivity contribution in [2.24, 2.45) is 0 Å². The molecular formula is C15H24N2O3S. The number of carbonyl (C=O) groups excluding carboxylic acids is 1. The second-order valence-corrected chi connectivity index (χ2v) is 7.18. The van der Waals surface area contributed by atoms with E-state index in [1.807, 2.05) is 32.9 Å². The fourth-order valence-electron chi connectivity index (χ4n) is 2.13. The third-order valence-corrected chi connectivity index (χ3v) is 4.47. The summed E-state index contributed by atoms with van der Waals surface area (Å²) in [4.78, 5) is 12.1. The summed E-state index contributed by atoms with van der Waals surface area (Å²) in [5.74, 6) is -0.289. The monoisotopic (exact) mass is 312 g/mol. The molecule has 0 unspecified atom stereocenters. The highest BCUT2D eigenvalue weighted by molar-refractivity contribution is 7.92. The Labute approximate surface area is 127 Å². The highest BCUT2D eigenvalue weighted by atomic mass is 32.2. The number of benzene rings is 1. The van der Waals surface area contributed by atoms with Crippen LogP contribution < -0.4 is 9.62 Å². The van der Waals surface area contributed by atoms with Crippen molar-refractivity contribution in [2.75, 3.05) is 17.1 Å². The Hall–Kier alpha value is -1.56. The quantitative estimate of drug-likeness (QED) is 0.873. The van der Waals surface area contributed by atoms with Gasteiger partial charge in [-0.05, 0) is 44.4 Å². The molecule has 0 aliphatic carbocycles. The number of nitrogens with one attached hydrogen (secondary N) is 1. The lowest BCUT2D eigenvalue weighted by molar-refractivity contribution is -0.121. The molecule has 1 aromatic rings. The van der Waals surface area contributed by atoms with Crippen LogP contribution in [0.1, 0.15) is 31.4 Å². The van der Waals surface area contributed by atoms with Crippen LogP contribution in [0.5, 0.6) is 0 Å². The predicted octanol–water partition coefficient (Wildman–Crippen LogP) is 1.98. The molecule has 0 saturated heterocycles. The molecule has 0 aromatic heterocycles. The van der Waals surface area contributed by atoms with Crippen molar-refractivity contribution in [1.29, 1.82) is 0 Å². The molecule has 0 aliphatic heterocycles. The second-order valence-electron chi connectivity index (χ2n) is 5.32. The first-order chi connectivity index (χ1) is 9.68. The predicted molar refractivity (Wildman–Crippen MR) is 86.0 cm³/mol. The smallest absolute Gasteiger partial charge is 0.243 e. The molecule has 118 valence electrons. The van der Waals surface area contributed by atoms with E-state index in [1.54, 1.807) is 13.0 Å². The van der Waals surface area contributed by atoms with Gasteiger partial charge in [0.15, 0.2) is 0 Å². The number of aryl methyl sites for hydroxylation is 2. The van der Waals surface area contributed by atoms with E-state index in [9.17, 15) is 13.2 Å². The van der Waals surface area contributed by atoms with Crippen LogP contribution in [0.2, 0.25) is 0 Å². The van der Waals surface area contributed by atoms with Gasteiger partial charge in [0.2, 0.25) is 15.9 Å². The molecule has 21 heavy (non-hydrogen) atoms.